The number of carbonyl (C=O) groups excluding carboxylic acids is 1. The van der Waals surface area contributed by atoms with Crippen LogP contribution in [0.4, 0.5) is 18.9 Å². The molecule has 0 bridgehead atoms. The van der Waals surface area contributed by atoms with Gasteiger partial charge in [-0.15, -0.1) is 0 Å². The minimum atomic E-state index is -1.53. The molecule has 2 N–H and O–H groups in total. The summed E-state index contributed by atoms with van der Waals surface area (Å²) in [6.45, 7) is 1.39. The Balaban J connectivity index is 2.35. The molecular weight excluding hydrogens is 307 g/mol. The van der Waals surface area contributed by atoms with Crippen LogP contribution in [0.15, 0.2) is 33.6 Å². The molecule has 4 nitrogen and oxygen atoms in total. The van der Waals surface area contributed by atoms with E-state index < -0.39 is 34.1 Å². The van der Waals surface area contributed by atoms with Gasteiger partial charge in [-0.25, -0.2) is 18.5 Å². The molecule has 1 unspecified atom stereocenters. The minimum absolute atomic E-state index is 0.0107. The van der Waals surface area contributed by atoms with Gasteiger partial charge in [0.2, 0.25) is 16.0 Å². The molecule has 0 fully saturated rings. The van der Waals surface area contributed by atoms with Crippen molar-refractivity contribution in [3.63, 3.8) is 0 Å². The number of ketones is 1. The molecule has 8 heteroatoms. The lowest BCUT2D eigenvalue weighted by molar-refractivity contribution is -0.735. The van der Waals surface area contributed by atoms with Crippen molar-refractivity contribution in [2.45, 2.75) is 6.92 Å². The molecule has 0 radical (unpaired) electrons. The van der Waals surface area contributed by atoms with E-state index in [1.54, 1.807) is 0 Å². The number of allylic oxidation sites excluding steroid dienone is 1. The number of benzene rings is 1. The molecule has 1 aromatic carbocycles. The van der Waals surface area contributed by atoms with E-state index in [1.165, 1.54) is 6.92 Å². The van der Waals surface area contributed by atoms with Gasteiger partial charge in [0.25, 0.3) is 0 Å². The number of thioether (sulfide) groups is 1. The van der Waals surface area contributed by atoms with Crippen LogP contribution < -0.4 is 4.90 Å². The van der Waals surface area contributed by atoms with Crippen LogP contribution in [-0.4, -0.2) is 16.9 Å². The van der Waals surface area contributed by atoms with Crippen molar-refractivity contribution in [1.82, 2.24) is 0 Å². The Morgan fingerprint density at radius 2 is 1.86 bits per heavy atom. The van der Waals surface area contributed by atoms with Gasteiger partial charge in [-0.2, -0.15) is 4.39 Å². The molecule has 21 heavy (non-hydrogen) atoms. The van der Waals surface area contributed by atoms with Gasteiger partial charge in [0.15, 0.2) is 28.6 Å². The molecule has 3 rings (SSSR count). The van der Waals surface area contributed by atoms with Crippen molar-refractivity contribution < 1.29 is 32.8 Å². The summed E-state index contributed by atoms with van der Waals surface area (Å²) >= 11 is 0.509. The zero-order valence-corrected chi connectivity index (χ0v) is 11.3. The quantitative estimate of drug-likeness (QED) is 0.777. The fourth-order valence-corrected chi connectivity index (χ4v) is 3.44. The van der Waals surface area contributed by atoms with Gasteiger partial charge >= 0.3 is 5.97 Å². The number of fused-ring (bicyclic) bond motifs is 3. The highest BCUT2D eigenvalue weighted by Gasteiger charge is 2.47. The maximum absolute atomic E-state index is 13.8. The van der Waals surface area contributed by atoms with Crippen LogP contribution in [0.5, 0.6) is 0 Å². The summed E-state index contributed by atoms with van der Waals surface area (Å²) < 4.78 is 40.5. The average Bonchev–Trinajstić information content (AvgIpc) is 2.68. The second-order valence-electron chi connectivity index (χ2n) is 4.53. The second kappa shape index (κ2) is 4.47. The normalized spacial score (nSPS) is 20.8. The van der Waals surface area contributed by atoms with Crippen molar-refractivity contribution in [2.24, 2.45) is 0 Å². The number of carboxylic acids is 1. The van der Waals surface area contributed by atoms with Gasteiger partial charge in [-0.05, 0) is 6.07 Å². The van der Waals surface area contributed by atoms with Gasteiger partial charge < -0.3 is 5.11 Å². The molecule has 1 aromatic rings. The summed E-state index contributed by atoms with van der Waals surface area (Å²) in [7, 11) is 0. The fourth-order valence-electron chi connectivity index (χ4n) is 2.36. The number of rotatable bonds is 1. The van der Waals surface area contributed by atoms with Crippen LogP contribution in [-0.2, 0) is 4.79 Å². The van der Waals surface area contributed by atoms with E-state index >= 15 is 0 Å². The van der Waals surface area contributed by atoms with Gasteiger partial charge in [0, 0.05) is 24.8 Å². The van der Waals surface area contributed by atoms with Crippen LogP contribution in [0.1, 0.15) is 17.3 Å². The third-order valence-corrected chi connectivity index (χ3v) is 4.43. The molecule has 108 valence electrons. The first-order chi connectivity index (χ1) is 9.82. The van der Waals surface area contributed by atoms with E-state index in [-0.39, 0.29) is 26.9 Å². The first-order valence-corrected chi connectivity index (χ1v) is 6.58. The van der Waals surface area contributed by atoms with Crippen molar-refractivity contribution >= 4 is 29.2 Å². The summed E-state index contributed by atoms with van der Waals surface area (Å²) in [5, 5.41) is 8.43. The summed E-state index contributed by atoms with van der Waals surface area (Å²) in [5.41, 5.74) is -0.787. The Morgan fingerprint density at radius 1 is 1.24 bits per heavy atom. The molecule has 2 aliphatic rings. The molecule has 0 saturated heterocycles. The highest BCUT2D eigenvalue weighted by atomic mass is 32.2. The van der Waals surface area contributed by atoms with Gasteiger partial charge in [-0.3, -0.25) is 4.79 Å². The molecule has 0 aromatic heterocycles. The lowest BCUT2D eigenvalue weighted by Crippen LogP contribution is -3.02. The van der Waals surface area contributed by atoms with Crippen LogP contribution >= 0.6 is 11.8 Å². The fraction of sp³-hybridized carbons (Fsp3) is 0.0769. The van der Waals surface area contributed by atoms with Crippen LogP contribution in [0, 0.1) is 11.6 Å². The number of nitrogens with one attached hydrogen (secondary N) is 1. The maximum atomic E-state index is 13.8. The number of quaternary nitrogens is 1. The highest BCUT2D eigenvalue weighted by molar-refractivity contribution is 8.06. The van der Waals surface area contributed by atoms with E-state index in [1.807, 2.05) is 0 Å². The molecule has 0 saturated carbocycles. The number of carbonyl (C=O) groups is 2. The third-order valence-electron chi connectivity index (χ3n) is 3.33. The van der Waals surface area contributed by atoms with Gasteiger partial charge in [0.05, 0.1) is 5.56 Å². The Kier molecular flexibility index (Phi) is 2.96. The van der Waals surface area contributed by atoms with Crippen LogP contribution in [0.25, 0.3) is 0 Å². The SMILES string of the molecule is CC1=C(F)SC2=C(C(=O)O)C(=O)c3cc(F)c(F)cc3[NH+]12. The van der Waals surface area contributed by atoms with E-state index in [2.05, 4.69) is 0 Å². The number of aliphatic carboxylic acids is 1. The predicted molar refractivity (Wildman–Crippen MR) is 67.4 cm³/mol. The Hall–Kier alpha value is -2.06. The molecule has 2 aliphatic heterocycles. The highest BCUT2D eigenvalue weighted by Crippen LogP contribution is 2.38. The van der Waals surface area contributed by atoms with E-state index in [9.17, 15) is 22.8 Å². The third kappa shape index (κ3) is 1.83. The standard InChI is InChI=1S/C13H6F3NO3S/c1-4-11(16)21-12-9(13(19)20)10(18)5-2-6(14)7(15)3-8(5)17(4)12/h2-3H,1H3,(H,19,20)/p+1. The number of hydrogen-bond donors (Lipinski definition) is 2. The molecule has 0 aliphatic carbocycles. The van der Waals surface area contributed by atoms with Crippen molar-refractivity contribution in [3.8, 4) is 0 Å². The van der Waals surface area contributed by atoms with Crippen molar-refractivity contribution in [2.75, 3.05) is 0 Å². The summed E-state index contributed by atoms with van der Waals surface area (Å²) in [6, 6.07) is 1.44. The Bertz CT molecular complexity index is 785. The number of Topliss-reactive ketones (excluding diaryl/α,β-unsaturated/α-hetero) is 1. The topological polar surface area (TPSA) is 58.8 Å². The lowest BCUT2D eigenvalue weighted by Gasteiger charge is -2.22. The lowest BCUT2D eigenvalue weighted by atomic mass is 9.97. The first kappa shape index (κ1) is 13.9. The van der Waals surface area contributed by atoms with Crippen molar-refractivity contribution in [1.29, 1.82) is 0 Å². The Labute approximate surface area is 120 Å². The zero-order chi connectivity index (χ0) is 15.5. The smallest absolute Gasteiger partial charge is 0.346 e. The summed E-state index contributed by atoms with van der Waals surface area (Å²) in [5.74, 6) is -4.93. The van der Waals surface area contributed by atoms with E-state index in [0.29, 0.717) is 17.8 Å². The largest absolute Gasteiger partial charge is 0.477 e. The number of hydrogen-bond acceptors (Lipinski definition) is 3. The zero-order valence-electron chi connectivity index (χ0n) is 10.5. The monoisotopic (exact) mass is 314 g/mol. The molecule has 0 amide bonds. The molecule has 1 atom stereocenters. The van der Waals surface area contributed by atoms with Crippen LogP contribution in [0.2, 0.25) is 0 Å². The maximum Gasteiger partial charge on any atom is 0.346 e. The summed E-state index contributed by atoms with van der Waals surface area (Å²) in [4.78, 5) is 23.6. The second-order valence-corrected chi connectivity index (χ2v) is 5.50. The van der Waals surface area contributed by atoms with Gasteiger partial charge in [0.1, 0.15) is 0 Å². The minimum Gasteiger partial charge on any atom is -0.477 e. The predicted octanol–water partition coefficient (Wildman–Crippen LogP) is 1.88. The van der Waals surface area contributed by atoms with Gasteiger partial charge in [-0.1, -0.05) is 0 Å². The average molecular weight is 314 g/mol. The molecule has 2 heterocycles. The molecular formula is C13H7F3NO3S+. The summed E-state index contributed by atoms with van der Waals surface area (Å²) in [6.07, 6.45) is 0. The number of halogens is 3. The Morgan fingerprint density at radius 3 is 2.48 bits per heavy atom. The molecule has 0 spiro atoms. The first-order valence-electron chi connectivity index (χ1n) is 5.76. The van der Waals surface area contributed by atoms with Crippen LogP contribution in [0.3, 0.4) is 0 Å². The number of carboxylic acid groups (broad SMARTS) is 1. The van der Waals surface area contributed by atoms with E-state index in [4.69, 9.17) is 5.11 Å². The van der Waals surface area contributed by atoms with E-state index in [0.717, 1.165) is 6.07 Å². The van der Waals surface area contributed by atoms with Crippen molar-refractivity contribution in [3.05, 3.63) is 50.8 Å².